The van der Waals surface area contributed by atoms with Crippen molar-refractivity contribution in [3.05, 3.63) is 24.0 Å². The molecule has 0 spiro atoms. The maximum absolute atomic E-state index is 12.2. The predicted molar refractivity (Wildman–Crippen MR) is 77.2 cm³/mol. The lowest BCUT2D eigenvalue weighted by Gasteiger charge is -2.09. The zero-order chi connectivity index (χ0) is 14.3. The summed E-state index contributed by atoms with van der Waals surface area (Å²) in [4.78, 5) is 16.2. The van der Waals surface area contributed by atoms with Crippen molar-refractivity contribution in [1.82, 2.24) is 10.3 Å². The summed E-state index contributed by atoms with van der Waals surface area (Å²) in [5, 5.41) is 6.03. The molecular weight excluding hydrogens is 238 g/mol. The van der Waals surface area contributed by atoms with Gasteiger partial charge in [-0.2, -0.15) is 0 Å². The Labute approximate surface area is 115 Å². The minimum atomic E-state index is -0.0368. The molecule has 1 aliphatic carbocycles. The largest absolute Gasteiger partial charge is 0.386 e. The Bertz CT molecular complexity index is 480. The van der Waals surface area contributed by atoms with E-state index in [1.807, 2.05) is 0 Å². The number of amides is 1. The molecule has 0 unspecified atom stereocenters. The molecule has 1 aliphatic rings. The second kappa shape index (κ2) is 4.51. The molecule has 1 aromatic heterocycles. The average molecular weight is 261 g/mol. The number of nitrogens with zero attached hydrogens (tertiary/aromatic N) is 1. The number of carbonyl (C=O) groups excluding carboxylic acids is 1. The van der Waals surface area contributed by atoms with Gasteiger partial charge in [0, 0.05) is 19.8 Å². The Kier molecular flexibility index (Phi) is 3.29. The number of rotatable bonds is 4. The molecule has 1 fully saturated rings. The number of hydrogen-bond donors (Lipinski definition) is 2. The van der Waals surface area contributed by atoms with Crippen LogP contribution in [0.5, 0.6) is 0 Å². The molecule has 0 aromatic carbocycles. The minimum Gasteiger partial charge on any atom is -0.386 e. The summed E-state index contributed by atoms with van der Waals surface area (Å²) in [7, 11) is 1.79. The van der Waals surface area contributed by atoms with Crippen LogP contribution >= 0.6 is 0 Å². The van der Waals surface area contributed by atoms with Crippen LogP contribution in [0.15, 0.2) is 18.5 Å². The molecule has 1 amide bonds. The van der Waals surface area contributed by atoms with Crippen molar-refractivity contribution in [2.24, 2.45) is 16.7 Å². The molecule has 0 radical (unpaired) electrons. The van der Waals surface area contributed by atoms with Crippen LogP contribution < -0.4 is 10.6 Å². The first-order chi connectivity index (χ1) is 8.82. The van der Waals surface area contributed by atoms with Crippen molar-refractivity contribution in [2.45, 2.75) is 27.7 Å². The molecule has 2 N–H and O–H groups in total. The van der Waals surface area contributed by atoms with Gasteiger partial charge < -0.3 is 10.6 Å². The van der Waals surface area contributed by atoms with E-state index in [2.05, 4.69) is 43.3 Å². The van der Waals surface area contributed by atoms with Gasteiger partial charge in [-0.1, -0.05) is 27.7 Å². The topological polar surface area (TPSA) is 54.0 Å². The average Bonchev–Trinajstić information content (AvgIpc) is 2.76. The molecule has 19 heavy (non-hydrogen) atoms. The summed E-state index contributed by atoms with van der Waals surface area (Å²) < 4.78 is 0. The molecule has 2 rings (SSSR count). The SMILES string of the molecule is CNc1cnccc1C(=O)NCC1C(C)(C)C1(C)C. The number of anilines is 1. The third kappa shape index (κ3) is 2.20. The van der Waals surface area contributed by atoms with Crippen LogP contribution in [0.25, 0.3) is 0 Å². The van der Waals surface area contributed by atoms with Gasteiger partial charge in [0.1, 0.15) is 0 Å². The van der Waals surface area contributed by atoms with Gasteiger partial charge in [-0.15, -0.1) is 0 Å². The van der Waals surface area contributed by atoms with Gasteiger partial charge in [0.15, 0.2) is 0 Å². The fourth-order valence-electron chi connectivity index (χ4n) is 2.93. The second-order valence-corrected chi connectivity index (χ2v) is 6.38. The van der Waals surface area contributed by atoms with Crippen molar-refractivity contribution in [1.29, 1.82) is 0 Å². The Morgan fingerprint density at radius 2 is 1.95 bits per heavy atom. The van der Waals surface area contributed by atoms with Crippen molar-refractivity contribution in [3.63, 3.8) is 0 Å². The Hall–Kier alpha value is -1.58. The van der Waals surface area contributed by atoms with Crippen molar-refractivity contribution in [3.8, 4) is 0 Å². The van der Waals surface area contributed by atoms with Gasteiger partial charge in [-0.3, -0.25) is 9.78 Å². The Morgan fingerprint density at radius 1 is 1.32 bits per heavy atom. The van der Waals surface area contributed by atoms with Crippen LogP contribution in [-0.2, 0) is 0 Å². The summed E-state index contributed by atoms with van der Waals surface area (Å²) in [5.74, 6) is 0.495. The lowest BCUT2D eigenvalue weighted by Crippen LogP contribution is -2.27. The Morgan fingerprint density at radius 3 is 2.47 bits per heavy atom. The van der Waals surface area contributed by atoms with Gasteiger partial charge in [-0.05, 0) is 22.8 Å². The van der Waals surface area contributed by atoms with Gasteiger partial charge >= 0.3 is 0 Å². The summed E-state index contributed by atoms with van der Waals surface area (Å²) in [6.07, 6.45) is 3.31. The van der Waals surface area contributed by atoms with E-state index >= 15 is 0 Å². The monoisotopic (exact) mass is 261 g/mol. The third-order valence-corrected chi connectivity index (χ3v) is 5.12. The molecule has 0 aliphatic heterocycles. The Balaban J connectivity index is 2.00. The van der Waals surface area contributed by atoms with E-state index in [1.54, 1.807) is 25.5 Å². The predicted octanol–water partition coefficient (Wildman–Crippen LogP) is 2.54. The van der Waals surface area contributed by atoms with E-state index in [1.165, 1.54) is 0 Å². The van der Waals surface area contributed by atoms with E-state index in [0.29, 0.717) is 22.3 Å². The minimum absolute atomic E-state index is 0.0368. The van der Waals surface area contributed by atoms with Crippen LogP contribution in [0, 0.1) is 16.7 Å². The number of nitrogens with one attached hydrogen (secondary N) is 2. The van der Waals surface area contributed by atoms with Crippen molar-refractivity contribution in [2.75, 3.05) is 18.9 Å². The van der Waals surface area contributed by atoms with Crippen molar-refractivity contribution < 1.29 is 4.79 Å². The number of pyridine rings is 1. The zero-order valence-electron chi connectivity index (χ0n) is 12.4. The van der Waals surface area contributed by atoms with Gasteiger partial charge in [0.25, 0.3) is 5.91 Å². The molecule has 0 atom stereocenters. The highest BCUT2D eigenvalue weighted by molar-refractivity contribution is 5.99. The quantitative estimate of drug-likeness (QED) is 0.875. The maximum atomic E-state index is 12.2. The fraction of sp³-hybridized carbons (Fsp3) is 0.600. The highest BCUT2D eigenvalue weighted by Gasteiger charge is 2.64. The molecular formula is C15H23N3O. The van der Waals surface area contributed by atoms with E-state index < -0.39 is 0 Å². The molecule has 104 valence electrons. The smallest absolute Gasteiger partial charge is 0.253 e. The molecule has 4 nitrogen and oxygen atoms in total. The van der Waals surface area contributed by atoms with E-state index in [4.69, 9.17) is 0 Å². The highest BCUT2D eigenvalue weighted by atomic mass is 16.1. The molecule has 1 saturated carbocycles. The molecule has 0 bridgehead atoms. The highest BCUT2D eigenvalue weighted by Crippen LogP contribution is 2.67. The van der Waals surface area contributed by atoms with Crippen LogP contribution in [0.3, 0.4) is 0 Å². The molecule has 0 saturated heterocycles. The number of hydrogen-bond acceptors (Lipinski definition) is 3. The first-order valence-electron chi connectivity index (χ1n) is 6.72. The summed E-state index contributed by atoms with van der Waals surface area (Å²) >= 11 is 0. The molecule has 1 heterocycles. The van der Waals surface area contributed by atoms with Crippen LogP contribution in [0.1, 0.15) is 38.1 Å². The number of carbonyl (C=O) groups is 1. The number of aromatic nitrogens is 1. The van der Waals surface area contributed by atoms with E-state index in [9.17, 15) is 4.79 Å². The van der Waals surface area contributed by atoms with Crippen molar-refractivity contribution >= 4 is 11.6 Å². The summed E-state index contributed by atoms with van der Waals surface area (Å²) in [5.41, 5.74) is 2.00. The normalized spacial score (nSPS) is 19.8. The lowest BCUT2D eigenvalue weighted by molar-refractivity contribution is 0.0950. The first kappa shape index (κ1) is 13.8. The van der Waals surface area contributed by atoms with E-state index in [-0.39, 0.29) is 5.91 Å². The second-order valence-electron chi connectivity index (χ2n) is 6.38. The summed E-state index contributed by atoms with van der Waals surface area (Å²) in [6.45, 7) is 9.76. The van der Waals surface area contributed by atoms with Gasteiger partial charge in [0.2, 0.25) is 0 Å². The van der Waals surface area contributed by atoms with Crippen LogP contribution in [0.4, 0.5) is 5.69 Å². The van der Waals surface area contributed by atoms with Gasteiger partial charge in [-0.25, -0.2) is 0 Å². The zero-order valence-corrected chi connectivity index (χ0v) is 12.4. The molecule has 1 aromatic rings. The third-order valence-electron chi connectivity index (χ3n) is 5.12. The van der Waals surface area contributed by atoms with Crippen LogP contribution in [0.2, 0.25) is 0 Å². The summed E-state index contributed by atoms with van der Waals surface area (Å²) in [6, 6.07) is 1.74. The first-order valence-corrected chi connectivity index (χ1v) is 6.72. The maximum Gasteiger partial charge on any atom is 0.253 e. The molecule has 4 heteroatoms. The van der Waals surface area contributed by atoms with Gasteiger partial charge in [0.05, 0.1) is 17.4 Å². The van der Waals surface area contributed by atoms with Crippen LogP contribution in [-0.4, -0.2) is 24.5 Å². The standard InChI is InChI=1S/C15H23N3O/c1-14(2)12(15(14,3)4)9-18-13(19)10-6-7-17-8-11(10)16-5/h6-8,12,16H,9H2,1-5H3,(H,18,19). The fourth-order valence-corrected chi connectivity index (χ4v) is 2.93. The van der Waals surface area contributed by atoms with E-state index in [0.717, 1.165) is 12.2 Å². The lowest BCUT2D eigenvalue weighted by atomic mass is 10.0.